The van der Waals surface area contributed by atoms with Gasteiger partial charge in [0.15, 0.2) is 28.1 Å². The number of pyridine rings is 1. The van der Waals surface area contributed by atoms with E-state index in [9.17, 15) is 5.11 Å². The third kappa shape index (κ3) is 4.70. The molecule has 0 aliphatic rings. The summed E-state index contributed by atoms with van der Waals surface area (Å²) in [4.78, 5) is 13.6. The van der Waals surface area contributed by atoms with Crippen molar-refractivity contribution in [1.29, 1.82) is 0 Å². The van der Waals surface area contributed by atoms with Crippen LogP contribution in [0.1, 0.15) is 11.1 Å². The first-order valence-corrected chi connectivity index (χ1v) is 9.99. The molecule has 156 valence electrons. The summed E-state index contributed by atoms with van der Waals surface area (Å²) < 4.78 is 5.18. The fraction of sp³-hybridized carbons (Fsp3) is 0.130. The number of benzene rings is 2. The van der Waals surface area contributed by atoms with Gasteiger partial charge in [0, 0.05) is 11.3 Å². The molecular weight excluding hydrogens is 410 g/mol. The van der Waals surface area contributed by atoms with Gasteiger partial charge >= 0.3 is 0 Å². The Balaban J connectivity index is 1.57. The molecule has 4 rings (SSSR count). The molecule has 2 heterocycles. The first-order valence-electron chi connectivity index (χ1n) is 9.59. The third-order valence-electron chi connectivity index (χ3n) is 4.60. The minimum Gasteiger partial charge on any atom is -0.504 e. The molecule has 0 bridgehead atoms. The van der Waals surface area contributed by atoms with Crippen molar-refractivity contribution < 1.29 is 9.84 Å². The lowest BCUT2D eigenvalue weighted by Crippen LogP contribution is -2.20. The normalized spacial score (nSPS) is 10.7. The smallest absolute Gasteiger partial charge is 0.180 e. The molecule has 8 heteroatoms. The summed E-state index contributed by atoms with van der Waals surface area (Å²) in [6.45, 7) is 4.08. The lowest BCUT2D eigenvalue weighted by Gasteiger charge is -2.11. The zero-order chi connectivity index (χ0) is 22.0. The summed E-state index contributed by atoms with van der Waals surface area (Å²) in [5.41, 5.74) is 5.83. The molecule has 0 unspecified atom stereocenters. The Morgan fingerprint density at radius 2 is 1.74 bits per heavy atom. The van der Waals surface area contributed by atoms with Crippen molar-refractivity contribution >= 4 is 40.0 Å². The molecule has 0 saturated heterocycles. The highest BCUT2D eigenvalue weighted by Crippen LogP contribution is 2.31. The van der Waals surface area contributed by atoms with Crippen molar-refractivity contribution in [2.75, 3.05) is 17.7 Å². The van der Waals surface area contributed by atoms with Crippen LogP contribution in [0.4, 0.5) is 11.5 Å². The number of rotatable bonds is 4. The monoisotopic (exact) mass is 431 g/mol. The number of phenolic OH excluding ortho intramolecular Hbond substituents is 1. The number of fused-ring (bicyclic) bond motifs is 1. The van der Waals surface area contributed by atoms with Crippen LogP contribution in [0.15, 0.2) is 54.7 Å². The van der Waals surface area contributed by atoms with Gasteiger partial charge in [-0.05, 0) is 79.7 Å². The molecule has 0 radical (unpaired) electrons. The molecule has 31 heavy (non-hydrogen) atoms. The number of phenols is 1. The zero-order valence-corrected chi connectivity index (χ0v) is 18.1. The standard InChI is InChI=1S/C23H21N5O2S/c1-13-8-14(2)10-16(9-13)25-23(31)28-21-12-24-18-6-5-17(26-22(18)27-21)15-4-7-19(29)20(11-15)30-3/h4-12,29H,1-3H3,(H2,25,26,27,28,31). The molecule has 0 aliphatic heterocycles. The topological polar surface area (TPSA) is 92.2 Å². The van der Waals surface area contributed by atoms with Crippen LogP contribution < -0.4 is 15.4 Å². The number of ether oxygens (including phenoxy) is 1. The maximum Gasteiger partial charge on any atom is 0.180 e. The maximum atomic E-state index is 9.82. The van der Waals surface area contributed by atoms with Crippen LogP contribution in [0.2, 0.25) is 0 Å². The van der Waals surface area contributed by atoms with Gasteiger partial charge in [0.05, 0.1) is 19.0 Å². The first kappa shape index (κ1) is 20.5. The van der Waals surface area contributed by atoms with Crippen molar-refractivity contribution in [2.45, 2.75) is 13.8 Å². The average molecular weight is 432 g/mol. The van der Waals surface area contributed by atoms with Crippen molar-refractivity contribution in [2.24, 2.45) is 0 Å². The van der Waals surface area contributed by atoms with E-state index in [0.717, 1.165) is 22.4 Å². The van der Waals surface area contributed by atoms with Crippen molar-refractivity contribution in [3.63, 3.8) is 0 Å². The van der Waals surface area contributed by atoms with Gasteiger partial charge in [-0.15, -0.1) is 0 Å². The minimum atomic E-state index is 0.0723. The van der Waals surface area contributed by atoms with Crippen molar-refractivity contribution in [3.05, 3.63) is 65.9 Å². The number of aromatic nitrogens is 3. The molecular formula is C23H21N5O2S. The van der Waals surface area contributed by atoms with Gasteiger partial charge in [-0.3, -0.25) is 0 Å². The Morgan fingerprint density at radius 1 is 0.968 bits per heavy atom. The Labute approximate surface area is 185 Å². The molecule has 0 aliphatic carbocycles. The maximum absolute atomic E-state index is 9.82. The van der Waals surface area contributed by atoms with E-state index in [0.29, 0.717) is 33.5 Å². The highest BCUT2D eigenvalue weighted by Gasteiger charge is 2.09. The van der Waals surface area contributed by atoms with Gasteiger partial charge in [-0.25, -0.2) is 15.0 Å². The quantitative estimate of drug-likeness (QED) is 0.396. The Hall–Kier alpha value is -3.78. The molecule has 7 nitrogen and oxygen atoms in total. The highest BCUT2D eigenvalue weighted by molar-refractivity contribution is 7.80. The predicted molar refractivity (Wildman–Crippen MR) is 127 cm³/mol. The summed E-state index contributed by atoms with van der Waals surface area (Å²) in [5, 5.41) is 16.5. The van der Waals surface area contributed by atoms with E-state index in [4.69, 9.17) is 17.0 Å². The Kier molecular flexibility index (Phi) is 5.64. The third-order valence-corrected chi connectivity index (χ3v) is 4.81. The van der Waals surface area contributed by atoms with Gasteiger partial charge < -0.3 is 20.5 Å². The average Bonchev–Trinajstić information content (AvgIpc) is 2.72. The number of nitrogens with zero attached hydrogens (tertiary/aromatic N) is 3. The van der Waals surface area contributed by atoms with Gasteiger partial charge in [-0.1, -0.05) is 6.07 Å². The molecule has 0 fully saturated rings. The number of aromatic hydroxyl groups is 1. The second-order valence-corrected chi connectivity index (χ2v) is 7.54. The summed E-state index contributed by atoms with van der Waals surface area (Å²) in [6, 6.07) is 14.9. The zero-order valence-electron chi connectivity index (χ0n) is 17.3. The van der Waals surface area contributed by atoms with E-state index >= 15 is 0 Å². The van der Waals surface area contributed by atoms with E-state index in [1.54, 1.807) is 24.4 Å². The lowest BCUT2D eigenvalue weighted by atomic mass is 10.1. The van der Waals surface area contributed by atoms with Crippen LogP contribution in [-0.2, 0) is 0 Å². The Bertz CT molecular complexity index is 1270. The molecule has 0 atom stereocenters. The van der Waals surface area contributed by atoms with E-state index in [-0.39, 0.29) is 5.75 Å². The fourth-order valence-corrected chi connectivity index (χ4v) is 3.50. The number of hydrogen-bond acceptors (Lipinski definition) is 6. The molecule has 0 spiro atoms. The van der Waals surface area contributed by atoms with Crippen LogP contribution >= 0.6 is 12.2 Å². The molecule has 3 N–H and O–H groups in total. The van der Waals surface area contributed by atoms with Crippen LogP contribution in [0.25, 0.3) is 22.4 Å². The summed E-state index contributed by atoms with van der Waals surface area (Å²) in [6.07, 6.45) is 1.61. The SMILES string of the molecule is COc1cc(-c2ccc3ncc(NC(=S)Nc4cc(C)cc(C)c4)nc3n2)ccc1O. The van der Waals surface area contributed by atoms with E-state index in [2.05, 4.69) is 31.7 Å². The fourth-order valence-electron chi connectivity index (χ4n) is 3.28. The Morgan fingerprint density at radius 3 is 2.48 bits per heavy atom. The molecule has 4 aromatic rings. The van der Waals surface area contributed by atoms with Crippen LogP contribution in [-0.4, -0.2) is 32.3 Å². The van der Waals surface area contributed by atoms with Crippen molar-refractivity contribution in [1.82, 2.24) is 15.0 Å². The van der Waals surface area contributed by atoms with Gasteiger partial charge in [0.1, 0.15) is 5.52 Å². The van der Waals surface area contributed by atoms with Crippen molar-refractivity contribution in [3.8, 4) is 22.8 Å². The van der Waals surface area contributed by atoms with Crippen LogP contribution in [0.3, 0.4) is 0 Å². The molecule has 0 amide bonds. The first-order chi connectivity index (χ1) is 14.9. The summed E-state index contributed by atoms with van der Waals surface area (Å²) in [5.74, 6) is 0.939. The van der Waals surface area contributed by atoms with E-state index < -0.39 is 0 Å². The summed E-state index contributed by atoms with van der Waals surface area (Å²) in [7, 11) is 1.51. The number of thiocarbonyl (C=S) groups is 1. The number of hydrogen-bond donors (Lipinski definition) is 3. The largest absolute Gasteiger partial charge is 0.504 e. The second-order valence-electron chi connectivity index (χ2n) is 7.14. The number of anilines is 2. The molecule has 2 aromatic carbocycles. The van der Waals surface area contributed by atoms with E-state index in [1.165, 1.54) is 7.11 Å². The number of nitrogens with one attached hydrogen (secondary N) is 2. The predicted octanol–water partition coefficient (Wildman–Crippen LogP) is 4.83. The molecule has 0 saturated carbocycles. The van der Waals surface area contributed by atoms with Gasteiger partial charge in [0.25, 0.3) is 0 Å². The number of methoxy groups -OCH3 is 1. The second kappa shape index (κ2) is 8.53. The van der Waals surface area contributed by atoms with Crippen LogP contribution in [0.5, 0.6) is 11.5 Å². The molecule has 2 aromatic heterocycles. The summed E-state index contributed by atoms with van der Waals surface area (Å²) >= 11 is 5.42. The van der Waals surface area contributed by atoms with E-state index in [1.807, 2.05) is 38.1 Å². The van der Waals surface area contributed by atoms with Crippen LogP contribution in [0, 0.1) is 13.8 Å². The van der Waals surface area contributed by atoms with Gasteiger partial charge in [-0.2, -0.15) is 0 Å². The minimum absolute atomic E-state index is 0.0723. The number of aryl methyl sites for hydroxylation is 2. The van der Waals surface area contributed by atoms with Gasteiger partial charge in [0.2, 0.25) is 0 Å². The highest BCUT2D eigenvalue weighted by atomic mass is 32.1. The lowest BCUT2D eigenvalue weighted by molar-refractivity contribution is 0.373.